The van der Waals surface area contributed by atoms with Gasteiger partial charge >= 0.3 is 0 Å². The van der Waals surface area contributed by atoms with E-state index in [-0.39, 0.29) is 5.56 Å². The molecule has 5 nitrogen and oxygen atoms in total. The second-order valence-corrected chi connectivity index (χ2v) is 4.63. The number of carbonyl (C=O) groups excluding carboxylic acids is 2. The standard InChI is InChI=1S/C16H10FN3O2/c17-10-5-6-11-13(19-9-21)8-20(15(11)7-10)14-4-2-1-3-12(14)16(18)22/h1-8H,(H2,18,22). The minimum Gasteiger partial charge on any atom is -0.366 e. The maximum Gasteiger partial charge on any atom is 0.250 e. The van der Waals surface area contributed by atoms with Gasteiger partial charge in [-0.3, -0.25) is 4.79 Å². The van der Waals surface area contributed by atoms with E-state index >= 15 is 0 Å². The molecule has 0 aliphatic rings. The van der Waals surface area contributed by atoms with Gasteiger partial charge in [0.15, 0.2) is 0 Å². The third-order valence-electron chi connectivity index (χ3n) is 3.34. The van der Waals surface area contributed by atoms with E-state index < -0.39 is 11.7 Å². The fraction of sp³-hybridized carbons (Fsp3) is 0. The van der Waals surface area contributed by atoms with E-state index in [1.54, 1.807) is 28.8 Å². The molecular weight excluding hydrogens is 285 g/mol. The van der Waals surface area contributed by atoms with Crippen LogP contribution in [-0.2, 0) is 4.79 Å². The number of nitrogens with two attached hydrogens (primary N) is 1. The zero-order valence-electron chi connectivity index (χ0n) is 11.3. The Hall–Kier alpha value is -3.24. The van der Waals surface area contributed by atoms with Crippen molar-refractivity contribution in [1.29, 1.82) is 0 Å². The van der Waals surface area contributed by atoms with Crippen molar-refractivity contribution in [2.45, 2.75) is 0 Å². The molecule has 0 atom stereocenters. The molecule has 0 spiro atoms. The molecule has 3 rings (SSSR count). The average molecular weight is 295 g/mol. The first-order valence-electron chi connectivity index (χ1n) is 6.39. The van der Waals surface area contributed by atoms with Gasteiger partial charge in [0, 0.05) is 11.6 Å². The molecule has 2 aromatic carbocycles. The van der Waals surface area contributed by atoms with Gasteiger partial charge in [0.25, 0.3) is 5.91 Å². The third kappa shape index (κ3) is 2.17. The quantitative estimate of drug-likeness (QED) is 0.595. The van der Waals surface area contributed by atoms with Crippen molar-refractivity contribution in [2.24, 2.45) is 10.7 Å². The van der Waals surface area contributed by atoms with E-state index in [1.807, 2.05) is 0 Å². The molecule has 1 aromatic heterocycles. The normalized spacial score (nSPS) is 10.4. The highest BCUT2D eigenvalue weighted by molar-refractivity contribution is 5.99. The van der Waals surface area contributed by atoms with Gasteiger partial charge in [-0.15, -0.1) is 0 Å². The second kappa shape index (κ2) is 5.27. The minimum atomic E-state index is -0.603. The maximum atomic E-state index is 13.6. The van der Waals surface area contributed by atoms with Crippen LogP contribution in [0.25, 0.3) is 16.6 Å². The van der Waals surface area contributed by atoms with Crippen LogP contribution in [0.5, 0.6) is 0 Å². The highest BCUT2D eigenvalue weighted by Crippen LogP contribution is 2.32. The Morgan fingerprint density at radius 1 is 1.23 bits per heavy atom. The van der Waals surface area contributed by atoms with Crippen molar-refractivity contribution in [3.63, 3.8) is 0 Å². The predicted molar refractivity (Wildman–Crippen MR) is 79.5 cm³/mol. The molecule has 6 heteroatoms. The molecule has 0 saturated carbocycles. The first kappa shape index (κ1) is 13.7. The van der Waals surface area contributed by atoms with Gasteiger partial charge in [-0.1, -0.05) is 12.1 Å². The van der Waals surface area contributed by atoms with Crippen molar-refractivity contribution in [3.8, 4) is 5.69 Å². The number of carbonyl (C=O) groups is 1. The number of aromatic nitrogens is 1. The zero-order valence-corrected chi connectivity index (χ0v) is 11.3. The number of fused-ring (bicyclic) bond motifs is 1. The van der Waals surface area contributed by atoms with Crippen LogP contribution in [0.1, 0.15) is 10.4 Å². The van der Waals surface area contributed by atoms with Crippen LogP contribution in [0.3, 0.4) is 0 Å². The van der Waals surface area contributed by atoms with Gasteiger partial charge in [0.1, 0.15) is 11.5 Å². The third-order valence-corrected chi connectivity index (χ3v) is 3.34. The monoisotopic (exact) mass is 295 g/mol. The summed E-state index contributed by atoms with van der Waals surface area (Å²) in [7, 11) is 0. The molecule has 0 aliphatic heterocycles. The largest absolute Gasteiger partial charge is 0.366 e. The van der Waals surface area contributed by atoms with Crippen LogP contribution in [0.2, 0.25) is 0 Å². The lowest BCUT2D eigenvalue weighted by Gasteiger charge is -2.09. The number of hydrogen-bond donors (Lipinski definition) is 1. The first-order chi connectivity index (χ1) is 10.6. The second-order valence-electron chi connectivity index (χ2n) is 4.63. The summed E-state index contributed by atoms with van der Waals surface area (Å²) in [6.07, 6.45) is 3.01. The number of primary amides is 1. The summed E-state index contributed by atoms with van der Waals surface area (Å²) < 4.78 is 15.2. The maximum absolute atomic E-state index is 13.6. The highest BCUT2D eigenvalue weighted by Gasteiger charge is 2.15. The van der Waals surface area contributed by atoms with Crippen molar-refractivity contribution in [2.75, 3.05) is 0 Å². The van der Waals surface area contributed by atoms with Crippen LogP contribution >= 0.6 is 0 Å². The summed E-state index contributed by atoms with van der Waals surface area (Å²) in [5.41, 5.74) is 6.96. The van der Waals surface area contributed by atoms with Gasteiger partial charge < -0.3 is 10.3 Å². The summed E-state index contributed by atoms with van der Waals surface area (Å²) in [6.45, 7) is 0. The van der Waals surface area contributed by atoms with Crippen LogP contribution in [0.15, 0.2) is 53.7 Å². The topological polar surface area (TPSA) is 77.5 Å². The lowest BCUT2D eigenvalue weighted by Crippen LogP contribution is -2.14. The lowest BCUT2D eigenvalue weighted by molar-refractivity contribution is 0.100. The predicted octanol–water partition coefficient (Wildman–Crippen LogP) is 2.84. The lowest BCUT2D eigenvalue weighted by atomic mass is 10.1. The fourth-order valence-corrected chi connectivity index (χ4v) is 2.41. The molecule has 0 saturated heterocycles. The van der Waals surface area contributed by atoms with E-state index in [4.69, 9.17) is 5.73 Å². The van der Waals surface area contributed by atoms with Crippen LogP contribution in [0.4, 0.5) is 10.1 Å². The fourth-order valence-electron chi connectivity index (χ4n) is 2.41. The average Bonchev–Trinajstić information content (AvgIpc) is 2.85. The molecule has 0 unspecified atom stereocenters. The van der Waals surface area contributed by atoms with E-state index in [0.29, 0.717) is 22.3 Å². The molecule has 1 heterocycles. The molecule has 3 aromatic rings. The van der Waals surface area contributed by atoms with Crippen molar-refractivity contribution < 1.29 is 14.0 Å². The summed E-state index contributed by atoms with van der Waals surface area (Å²) >= 11 is 0. The smallest absolute Gasteiger partial charge is 0.250 e. The van der Waals surface area contributed by atoms with E-state index in [0.717, 1.165) is 0 Å². The molecule has 0 fully saturated rings. The Morgan fingerprint density at radius 3 is 2.73 bits per heavy atom. The minimum absolute atomic E-state index is 0.283. The molecule has 22 heavy (non-hydrogen) atoms. The van der Waals surface area contributed by atoms with Crippen molar-refractivity contribution >= 4 is 28.6 Å². The van der Waals surface area contributed by atoms with Gasteiger partial charge in [-0.05, 0) is 30.3 Å². The number of isocyanates is 1. The van der Waals surface area contributed by atoms with Gasteiger partial charge in [0.05, 0.1) is 16.8 Å². The number of amides is 1. The number of aliphatic imine (C=N–C) groups is 1. The Labute approximate surface area is 124 Å². The van der Waals surface area contributed by atoms with E-state index in [1.165, 1.54) is 30.5 Å². The Bertz CT molecular complexity index is 940. The number of para-hydroxylation sites is 1. The van der Waals surface area contributed by atoms with E-state index in [9.17, 15) is 14.0 Å². The van der Waals surface area contributed by atoms with Gasteiger partial charge in [-0.25, -0.2) is 9.18 Å². The summed E-state index contributed by atoms with van der Waals surface area (Å²) in [4.78, 5) is 25.8. The highest BCUT2D eigenvalue weighted by atomic mass is 19.1. The molecule has 0 radical (unpaired) electrons. The Morgan fingerprint density at radius 2 is 2.00 bits per heavy atom. The van der Waals surface area contributed by atoms with Crippen molar-refractivity contribution in [1.82, 2.24) is 4.57 Å². The molecule has 1 amide bonds. The number of halogens is 1. The number of benzene rings is 2. The van der Waals surface area contributed by atoms with Gasteiger partial charge in [-0.2, -0.15) is 4.99 Å². The molecule has 0 aliphatic carbocycles. The Kier molecular flexibility index (Phi) is 3.29. The molecule has 2 N–H and O–H groups in total. The molecule has 108 valence electrons. The first-order valence-corrected chi connectivity index (χ1v) is 6.39. The Balaban J connectivity index is 2.39. The number of hydrogen-bond acceptors (Lipinski definition) is 3. The van der Waals surface area contributed by atoms with Gasteiger partial charge in [0.2, 0.25) is 6.08 Å². The van der Waals surface area contributed by atoms with E-state index in [2.05, 4.69) is 4.99 Å². The summed E-state index contributed by atoms with van der Waals surface area (Å²) in [5, 5.41) is 0.573. The zero-order chi connectivity index (χ0) is 15.7. The van der Waals surface area contributed by atoms with Crippen LogP contribution in [-0.4, -0.2) is 16.6 Å². The van der Waals surface area contributed by atoms with Crippen LogP contribution < -0.4 is 5.73 Å². The van der Waals surface area contributed by atoms with Crippen LogP contribution in [0, 0.1) is 5.82 Å². The number of nitrogens with zero attached hydrogens (tertiary/aromatic N) is 2. The van der Waals surface area contributed by atoms with Crippen molar-refractivity contribution in [3.05, 3.63) is 60.0 Å². The molecular formula is C16H10FN3O2. The number of rotatable bonds is 3. The molecule has 0 bridgehead atoms. The summed E-state index contributed by atoms with van der Waals surface area (Å²) in [5.74, 6) is -1.04. The SMILES string of the molecule is NC(=O)c1ccccc1-n1cc(N=C=O)c2ccc(F)cc21. The summed E-state index contributed by atoms with van der Waals surface area (Å²) in [6, 6.07) is 10.8.